The standard InChI is InChI=1S/C7H11NO3/c1-3-4-7(2,5-9)8-6(10)11/h3,5,8H,1,4H2,2H3,(H,10,11). The van der Waals surface area contributed by atoms with Gasteiger partial charge in [-0.1, -0.05) is 6.08 Å². The third-order valence-corrected chi connectivity index (χ3v) is 1.22. The van der Waals surface area contributed by atoms with Crippen LogP contribution in [0.3, 0.4) is 0 Å². The van der Waals surface area contributed by atoms with Gasteiger partial charge in [-0.2, -0.15) is 0 Å². The molecule has 0 aromatic heterocycles. The molecule has 0 spiro atoms. The van der Waals surface area contributed by atoms with Crippen molar-refractivity contribution in [2.24, 2.45) is 0 Å². The van der Waals surface area contributed by atoms with Crippen LogP contribution < -0.4 is 5.32 Å². The third kappa shape index (κ3) is 3.40. The first kappa shape index (κ1) is 9.68. The molecule has 0 rings (SSSR count). The molecule has 1 unspecified atom stereocenters. The van der Waals surface area contributed by atoms with Crippen LogP contribution in [0.1, 0.15) is 13.3 Å². The lowest BCUT2D eigenvalue weighted by molar-refractivity contribution is -0.112. The Morgan fingerprint density at radius 2 is 2.36 bits per heavy atom. The fourth-order valence-electron chi connectivity index (χ4n) is 0.673. The summed E-state index contributed by atoms with van der Waals surface area (Å²) in [6.45, 7) is 4.90. The summed E-state index contributed by atoms with van der Waals surface area (Å²) in [4.78, 5) is 20.5. The van der Waals surface area contributed by atoms with Crippen molar-refractivity contribution in [2.45, 2.75) is 18.9 Å². The van der Waals surface area contributed by atoms with Gasteiger partial charge in [-0.3, -0.25) is 0 Å². The van der Waals surface area contributed by atoms with Crippen LogP contribution >= 0.6 is 0 Å². The SMILES string of the molecule is C=CCC(C)(C=O)NC(=O)O. The number of amides is 1. The third-order valence-electron chi connectivity index (χ3n) is 1.22. The number of hydrogen-bond acceptors (Lipinski definition) is 2. The zero-order valence-electron chi connectivity index (χ0n) is 6.33. The Kier molecular flexibility index (Phi) is 3.30. The predicted molar refractivity (Wildman–Crippen MR) is 40.4 cm³/mol. The van der Waals surface area contributed by atoms with E-state index in [1.54, 1.807) is 0 Å². The molecule has 62 valence electrons. The highest BCUT2D eigenvalue weighted by Crippen LogP contribution is 2.05. The first-order valence-electron chi connectivity index (χ1n) is 3.12. The van der Waals surface area contributed by atoms with Crippen molar-refractivity contribution < 1.29 is 14.7 Å². The molecule has 0 aliphatic carbocycles. The van der Waals surface area contributed by atoms with Gasteiger partial charge in [0.1, 0.15) is 6.29 Å². The molecule has 2 N–H and O–H groups in total. The lowest BCUT2D eigenvalue weighted by atomic mass is 10.0. The molecule has 0 radical (unpaired) electrons. The summed E-state index contributed by atoms with van der Waals surface area (Å²) in [6.07, 6.45) is 1.14. The van der Waals surface area contributed by atoms with Crippen LogP contribution in [-0.2, 0) is 4.79 Å². The molecule has 0 aliphatic rings. The largest absolute Gasteiger partial charge is 0.465 e. The predicted octanol–water partition coefficient (Wildman–Crippen LogP) is 0.788. The topological polar surface area (TPSA) is 66.4 Å². The van der Waals surface area contributed by atoms with E-state index < -0.39 is 11.6 Å². The summed E-state index contributed by atoms with van der Waals surface area (Å²) >= 11 is 0. The fourth-order valence-corrected chi connectivity index (χ4v) is 0.673. The molecule has 0 aliphatic heterocycles. The van der Waals surface area contributed by atoms with E-state index in [9.17, 15) is 9.59 Å². The van der Waals surface area contributed by atoms with Crippen LogP contribution in [-0.4, -0.2) is 23.0 Å². The molecule has 1 amide bonds. The number of rotatable bonds is 4. The van der Waals surface area contributed by atoms with E-state index in [1.165, 1.54) is 13.0 Å². The average Bonchev–Trinajstić information content (AvgIpc) is 1.87. The molecular weight excluding hydrogens is 146 g/mol. The Hall–Kier alpha value is -1.32. The van der Waals surface area contributed by atoms with Crippen LogP contribution in [0.15, 0.2) is 12.7 Å². The summed E-state index contributed by atoms with van der Waals surface area (Å²) < 4.78 is 0. The molecule has 0 saturated carbocycles. The minimum Gasteiger partial charge on any atom is -0.465 e. The van der Waals surface area contributed by atoms with E-state index in [1.807, 2.05) is 0 Å². The molecule has 11 heavy (non-hydrogen) atoms. The van der Waals surface area contributed by atoms with Crippen LogP contribution in [0.4, 0.5) is 4.79 Å². The molecule has 0 heterocycles. The van der Waals surface area contributed by atoms with E-state index in [4.69, 9.17) is 5.11 Å². The number of nitrogens with one attached hydrogen (secondary N) is 1. The maximum Gasteiger partial charge on any atom is 0.405 e. The van der Waals surface area contributed by atoms with Gasteiger partial charge in [-0.15, -0.1) is 6.58 Å². The summed E-state index contributed by atoms with van der Waals surface area (Å²) in [6, 6.07) is 0. The van der Waals surface area contributed by atoms with Crippen molar-refractivity contribution in [3.05, 3.63) is 12.7 Å². The maximum atomic E-state index is 10.4. The Balaban J connectivity index is 4.19. The van der Waals surface area contributed by atoms with Gasteiger partial charge in [0.05, 0.1) is 5.54 Å². The second-order valence-corrected chi connectivity index (χ2v) is 2.46. The zero-order valence-corrected chi connectivity index (χ0v) is 6.33. The Morgan fingerprint density at radius 1 is 1.82 bits per heavy atom. The van der Waals surface area contributed by atoms with Gasteiger partial charge in [0.15, 0.2) is 0 Å². The van der Waals surface area contributed by atoms with Crippen LogP contribution in [0.5, 0.6) is 0 Å². The molecule has 0 aromatic carbocycles. The van der Waals surface area contributed by atoms with E-state index in [0.29, 0.717) is 12.7 Å². The zero-order chi connectivity index (χ0) is 8.91. The summed E-state index contributed by atoms with van der Waals surface area (Å²) in [5.74, 6) is 0. The normalized spacial score (nSPS) is 14.6. The van der Waals surface area contributed by atoms with Gasteiger partial charge in [0.25, 0.3) is 0 Å². The molecule has 0 aromatic rings. The molecule has 4 nitrogen and oxygen atoms in total. The first-order chi connectivity index (χ1) is 5.04. The van der Waals surface area contributed by atoms with Gasteiger partial charge >= 0.3 is 6.09 Å². The van der Waals surface area contributed by atoms with Crippen molar-refractivity contribution in [1.29, 1.82) is 0 Å². The maximum absolute atomic E-state index is 10.4. The molecule has 0 saturated heterocycles. The number of aldehydes is 1. The minimum absolute atomic E-state index is 0.294. The van der Waals surface area contributed by atoms with Crippen molar-refractivity contribution in [3.63, 3.8) is 0 Å². The Labute approximate surface area is 64.9 Å². The van der Waals surface area contributed by atoms with Crippen molar-refractivity contribution >= 4 is 12.4 Å². The van der Waals surface area contributed by atoms with Gasteiger partial charge in [0, 0.05) is 0 Å². The molecule has 0 fully saturated rings. The van der Waals surface area contributed by atoms with E-state index >= 15 is 0 Å². The van der Waals surface area contributed by atoms with E-state index in [2.05, 4.69) is 11.9 Å². The molecular formula is C7H11NO3. The molecule has 4 heteroatoms. The summed E-state index contributed by atoms with van der Waals surface area (Å²) in [5.41, 5.74) is -1.03. The molecule has 1 atom stereocenters. The number of carboxylic acid groups (broad SMARTS) is 1. The summed E-state index contributed by atoms with van der Waals surface area (Å²) in [5, 5.41) is 10.4. The van der Waals surface area contributed by atoms with Crippen LogP contribution in [0.25, 0.3) is 0 Å². The highest BCUT2D eigenvalue weighted by atomic mass is 16.4. The van der Waals surface area contributed by atoms with Crippen molar-refractivity contribution in [1.82, 2.24) is 5.32 Å². The monoisotopic (exact) mass is 157 g/mol. The highest BCUT2D eigenvalue weighted by molar-refractivity contribution is 5.74. The minimum atomic E-state index is -1.21. The second kappa shape index (κ2) is 3.75. The summed E-state index contributed by atoms with van der Waals surface area (Å²) in [7, 11) is 0. The fraction of sp³-hybridized carbons (Fsp3) is 0.429. The lowest BCUT2D eigenvalue weighted by Crippen LogP contribution is -2.46. The molecule has 0 bridgehead atoms. The Bertz CT molecular complexity index is 179. The number of hydrogen-bond donors (Lipinski definition) is 2. The van der Waals surface area contributed by atoms with E-state index in [-0.39, 0.29) is 0 Å². The van der Waals surface area contributed by atoms with Crippen molar-refractivity contribution in [3.8, 4) is 0 Å². The van der Waals surface area contributed by atoms with Gasteiger partial charge in [-0.05, 0) is 13.3 Å². The van der Waals surface area contributed by atoms with Crippen molar-refractivity contribution in [2.75, 3.05) is 0 Å². The smallest absolute Gasteiger partial charge is 0.405 e. The van der Waals surface area contributed by atoms with Crippen LogP contribution in [0.2, 0.25) is 0 Å². The highest BCUT2D eigenvalue weighted by Gasteiger charge is 2.23. The van der Waals surface area contributed by atoms with Gasteiger partial charge < -0.3 is 15.2 Å². The van der Waals surface area contributed by atoms with Gasteiger partial charge in [-0.25, -0.2) is 4.79 Å². The quantitative estimate of drug-likeness (QED) is 0.468. The van der Waals surface area contributed by atoms with Gasteiger partial charge in [0.2, 0.25) is 0 Å². The average molecular weight is 157 g/mol. The van der Waals surface area contributed by atoms with E-state index in [0.717, 1.165) is 0 Å². The lowest BCUT2D eigenvalue weighted by Gasteiger charge is -2.20. The second-order valence-electron chi connectivity index (χ2n) is 2.46. The number of carbonyl (C=O) groups excluding carboxylic acids is 1. The first-order valence-corrected chi connectivity index (χ1v) is 3.12. The van der Waals surface area contributed by atoms with Crippen LogP contribution in [0, 0.1) is 0 Å². The number of carbonyl (C=O) groups is 2. The Morgan fingerprint density at radius 3 is 2.64 bits per heavy atom.